The van der Waals surface area contributed by atoms with E-state index in [1.807, 2.05) is 13.8 Å². The maximum atomic E-state index is 11.6. The minimum Gasteiger partial charge on any atom is -0.465 e. The fraction of sp³-hybridized carbons (Fsp3) is 0.917. The van der Waals surface area contributed by atoms with E-state index in [9.17, 15) is 4.79 Å². The van der Waals surface area contributed by atoms with Gasteiger partial charge in [-0.3, -0.25) is 4.79 Å². The van der Waals surface area contributed by atoms with Gasteiger partial charge < -0.3 is 10.1 Å². The molecule has 3 nitrogen and oxygen atoms in total. The van der Waals surface area contributed by atoms with E-state index in [-0.39, 0.29) is 12.0 Å². The lowest BCUT2D eigenvalue weighted by atomic mass is 9.80. The van der Waals surface area contributed by atoms with Crippen molar-refractivity contribution in [1.82, 2.24) is 5.32 Å². The monoisotopic (exact) mass is 213 g/mol. The highest BCUT2D eigenvalue weighted by molar-refractivity contribution is 5.75. The zero-order valence-corrected chi connectivity index (χ0v) is 10.1. The highest BCUT2D eigenvalue weighted by atomic mass is 16.5. The SMILES string of the molecule is CCOC(=O)C(CC)NC(C)C1CCC1. The van der Waals surface area contributed by atoms with E-state index in [2.05, 4.69) is 12.2 Å². The summed E-state index contributed by atoms with van der Waals surface area (Å²) in [6.45, 7) is 6.50. The molecule has 15 heavy (non-hydrogen) atoms. The predicted molar refractivity (Wildman–Crippen MR) is 60.7 cm³/mol. The fourth-order valence-corrected chi connectivity index (χ4v) is 1.99. The molecule has 0 saturated heterocycles. The smallest absolute Gasteiger partial charge is 0.323 e. The molecule has 0 spiro atoms. The molecule has 2 atom stereocenters. The Morgan fingerprint density at radius 2 is 2.13 bits per heavy atom. The van der Waals surface area contributed by atoms with Gasteiger partial charge in [0.05, 0.1) is 6.61 Å². The molecular weight excluding hydrogens is 190 g/mol. The first-order valence-electron chi connectivity index (χ1n) is 6.11. The van der Waals surface area contributed by atoms with Gasteiger partial charge in [0.2, 0.25) is 0 Å². The summed E-state index contributed by atoms with van der Waals surface area (Å²) in [6.07, 6.45) is 4.74. The van der Waals surface area contributed by atoms with E-state index in [0.717, 1.165) is 12.3 Å². The first-order chi connectivity index (χ1) is 7.19. The van der Waals surface area contributed by atoms with Crippen molar-refractivity contribution in [2.75, 3.05) is 6.61 Å². The van der Waals surface area contributed by atoms with Crippen molar-refractivity contribution in [2.45, 2.75) is 58.5 Å². The van der Waals surface area contributed by atoms with Crippen molar-refractivity contribution in [3.8, 4) is 0 Å². The second-order valence-corrected chi connectivity index (χ2v) is 4.36. The van der Waals surface area contributed by atoms with Crippen LogP contribution >= 0.6 is 0 Å². The van der Waals surface area contributed by atoms with Crippen LogP contribution in [-0.4, -0.2) is 24.7 Å². The highest BCUT2D eigenvalue weighted by Gasteiger charge is 2.27. The van der Waals surface area contributed by atoms with Gasteiger partial charge in [-0.15, -0.1) is 0 Å². The van der Waals surface area contributed by atoms with Crippen LogP contribution in [0.5, 0.6) is 0 Å². The number of ether oxygens (including phenoxy) is 1. The highest BCUT2D eigenvalue weighted by Crippen LogP contribution is 2.29. The summed E-state index contributed by atoms with van der Waals surface area (Å²) in [6, 6.07) is 0.314. The number of hydrogen-bond acceptors (Lipinski definition) is 3. The Bertz CT molecular complexity index is 202. The number of nitrogens with one attached hydrogen (secondary N) is 1. The van der Waals surface area contributed by atoms with Crippen molar-refractivity contribution in [3.05, 3.63) is 0 Å². The molecule has 1 aliphatic carbocycles. The Kier molecular flexibility index (Phi) is 5.09. The number of rotatable bonds is 6. The van der Waals surface area contributed by atoms with Crippen molar-refractivity contribution in [3.63, 3.8) is 0 Å². The minimum absolute atomic E-state index is 0.105. The summed E-state index contributed by atoms with van der Waals surface area (Å²) < 4.78 is 5.03. The predicted octanol–water partition coefficient (Wildman–Crippen LogP) is 2.11. The molecular formula is C12H23NO2. The summed E-state index contributed by atoms with van der Waals surface area (Å²) in [5.41, 5.74) is 0. The lowest BCUT2D eigenvalue weighted by molar-refractivity contribution is -0.146. The van der Waals surface area contributed by atoms with Crippen LogP contribution < -0.4 is 5.32 Å². The zero-order chi connectivity index (χ0) is 11.3. The van der Waals surface area contributed by atoms with Crippen molar-refractivity contribution in [1.29, 1.82) is 0 Å². The lowest BCUT2D eigenvalue weighted by Gasteiger charge is -2.33. The molecule has 1 aliphatic rings. The van der Waals surface area contributed by atoms with Gasteiger partial charge in [-0.05, 0) is 39.0 Å². The molecule has 88 valence electrons. The maximum absolute atomic E-state index is 11.6. The van der Waals surface area contributed by atoms with Crippen LogP contribution in [-0.2, 0) is 9.53 Å². The van der Waals surface area contributed by atoms with Crippen molar-refractivity contribution >= 4 is 5.97 Å². The molecule has 0 aliphatic heterocycles. The Morgan fingerprint density at radius 3 is 2.53 bits per heavy atom. The van der Waals surface area contributed by atoms with Gasteiger partial charge in [0.1, 0.15) is 6.04 Å². The Morgan fingerprint density at radius 1 is 1.47 bits per heavy atom. The first-order valence-corrected chi connectivity index (χ1v) is 6.11. The maximum Gasteiger partial charge on any atom is 0.323 e. The van der Waals surface area contributed by atoms with E-state index in [4.69, 9.17) is 4.74 Å². The average molecular weight is 213 g/mol. The van der Waals surface area contributed by atoms with Crippen LogP contribution in [0.3, 0.4) is 0 Å². The molecule has 0 amide bonds. The molecule has 0 bridgehead atoms. The Labute approximate surface area is 92.6 Å². The van der Waals surface area contributed by atoms with Gasteiger partial charge in [0.15, 0.2) is 0 Å². The molecule has 3 heteroatoms. The number of esters is 1. The van der Waals surface area contributed by atoms with Crippen molar-refractivity contribution < 1.29 is 9.53 Å². The molecule has 1 saturated carbocycles. The topological polar surface area (TPSA) is 38.3 Å². The normalized spacial score (nSPS) is 20.5. The van der Waals surface area contributed by atoms with Crippen molar-refractivity contribution in [2.24, 2.45) is 5.92 Å². The molecule has 0 aromatic heterocycles. The summed E-state index contributed by atoms with van der Waals surface area (Å²) in [4.78, 5) is 11.6. The van der Waals surface area contributed by atoms with Gasteiger partial charge in [0.25, 0.3) is 0 Å². The van der Waals surface area contributed by atoms with E-state index >= 15 is 0 Å². The average Bonchev–Trinajstić information content (AvgIpc) is 2.11. The van der Waals surface area contributed by atoms with E-state index in [0.29, 0.717) is 12.6 Å². The molecule has 0 radical (unpaired) electrons. The molecule has 0 aromatic rings. The second kappa shape index (κ2) is 6.11. The fourth-order valence-electron chi connectivity index (χ4n) is 1.99. The van der Waals surface area contributed by atoms with Crippen LogP contribution in [0.15, 0.2) is 0 Å². The summed E-state index contributed by atoms with van der Waals surface area (Å²) in [5, 5.41) is 3.38. The van der Waals surface area contributed by atoms with Gasteiger partial charge >= 0.3 is 5.97 Å². The summed E-state index contributed by atoms with van der Waals surface area (Å²) in [7, 11) is 0. The molecule has 1 N–H and O–H groups in total. The molecule has 1 fully saturated rings. The third-order valence-electron chi connectivity index (χ3n) is 3.30. The zero-order valence-electron chi connectivity index (χ0n) is 10.1. The quantitative estimate of drug-likeness (QED) is 0.687. The Hall–Kier alpha value is -0.570. The molecule has 1 rings (SSSR count). The van der Waals surface area contributed by atoms with Gasteiger partial charge in [-0.2, -0.15) is 0 Å². The number of hydrogen-bond donors (Lipinski definition) is 1. The minimum atomic E-state index is -0.124. The standard InChI is InChI=1S/C12H23NO2/c1-4-11(12(14)15-5-2)13-9(3)10-7-6-8-10/h9-11,13H,4-8H2,1-3H3. The Balaban J connectivity index is 2.34. The second-order valence-electron chi connectivity index (χ2n) is 4.36. The van der Waals surface area contributed by atoms with Crippen LogP contribution in [0.25, 0.3) is 0 Å². The van der Waals surface area contributed by atoms with E-state index < -0.39 is 0 Å². The van der Waals surface area contributed by atoms with Gasteiger partial charge in [-0.1, -0.05) is 13.3 Å². The number of carbonyl (C=O) groups is 1. The van der Waals surface area contributed by atoms with Crippen LogP contribution in [0, 0.1) is 5.92 Å². The lowest BCUT2D eigenvalue weighted by Crippen LogP contribution is -2.47. The summed E-state index contributed by atoms with van der Waals surface area (Å²) >= 11 is 0. The largest absolute Gasteiger partial charge is 0.465 e. The molecule has 0 heterocycles. The first kappa shape index (κ1) is 12.5. The van der Waals surface area contributed by atoms with Crippen LogP contribution in [0.4, 0.5) is 0 Å². The van der Waals surface area contributed by atoms with E-state index in [1.165, 1.54) is 19.3 Å². The van der Waals surface area contributed by atoms with E-state index in [1.54, 1.807) is 0 Å². The van der Waals surface area contributed by atoms with Crippen LogP contribution in [0.1, 0.15) is 46.5 Å². The third-order valence-corrected chi connectivity index (χ3v) is 3.30. The number of carbonyl (C=O) groups excluding carboxylic acids is 1. The molecule has 0 aromatic carbocycles. The van der Waals surface area contributed by atoms with Crippen LogP contribution in [0.2, 0.25) is 0 Å². The van der Waals surface area contributed by atoms with Gasteiger partial charge in [0, 0.05) is 6.04 Å². The summed E-state index contributed by atoms with van der Waals surface area (Å²) in [5.74, 6) is 0.652. The third kappa shape index (κ3) is 3.49. The van der Waals surface area contributed by atoms with Gasteiger partial charge in [-0.25, -0.2) is 0 Å². The molecule has 2 unspecified atom stereocenters.